The Balaban J connectivity index is 0.00000225. The van der Waals surface area contributed by atoms with Gasteiger partial charge in [0.25, 0.3) is 0 Å². The molecule has 3 rings (SSSR count). The molecule has 1 aromatic carbocycles. The minimum atomic E-state index is -0.801. The van der Waals surface area contributed by atoms with E-state index >= 15 is 0 Å². The molecule has 140 valence electrons. The average Bonchev–Trinajstić information content (AvgIpc) is 2.61. The van der Waals surface area contributed by atoms with Gasteiger partial charge in [0.15, 0.2) is 0 Å². The first kappa shape index (κ1) is 20.6. The maximum atomic E-state index is 12.7. The zero-order chi connectivity index (χ0) is 17.0. The van der Waals surface area contributed by atoms with Gasteiger partial charge in [0.05, 0.1) is 5.54 Å². The number of hydrogen-bond donors (Lipinski definition) is 2. The van der Waals surface area contributed by atoms with Gasteiger partial charge in [-0.15, -0.1) is 12.4 Å². The molecule has 1 amide bonds. The standard InChI is InChI=1S/C18H25BrN2O3.ClH/c19-15-3-1-14(2-4-15)17(5-9-23-10-6-17)13-21-16(22)18(20)7-11-24-12-8-18;/h1-4H,5-13,20H2,(H,21,22);1H. The molecule has 2 fully saturated rings. The summed E-state index contributed by atoms with van der Waals surface area (Å²) >= 11 is 3.49. The van der Waals surface area contributed by atoms with Gasteiger partial charge < -0.3 is 20.5 Å². The number of nitrogens with one attached hydrogen (secondary N) is 1. The molecule has 0 bridgehead atoms. The summed E-state index contributed by atoms with van der Waals surface area (Å²) in [4.78, 5) is 12.7. The smallest absolute Gasteiger partial charge is 0.240 e. The van der Waals surface area contributed by atoms with Crippen LogP contribution in [0.4, 0.5) is 0 Å². The second kappa shape index (κ2) is 8.82. The van der Waals surface area contributed by atoms with E-state index in [0.29, 0.717) is 45.8 Å². The van der Waals surface area contributed by atoms with Crippen LogP contribution in [-0.2, 0) is 19.7 Å². The van der Waals surface area contributed by atoms with Crippen molar-refractivity contribution >= 4 is 34.2 Å². The number of carbonyl (C=O) groups is 1. The molecule has 0 saturated carbocycles. The Morgan fingerprint density at radius 1 is 1.04 bits per heavy atom. The highest BCUT2D eigenvalue weighted by Gasteiger charge is 2.39. The molecule has 2 heterocycles. The lowest BCUT2D eigenvalue weighted by Gasteiger charge is -2.39. The van der Waals surface area contributed by atoms with Crippen LogP contribution in [0.25, 0.3) is 0 Å². The van der Waals surface area contributed by atoms with Crippen molar-refractivity contribution in [2.24, 2.45) is 5.73 Å². The van der Waals surface area contributed by atoms with Crippen LogP contribution < -0.4 is 11.1 Å². The maximum Gasteiger partial charge on any atom is 0.240 e. The predicted octanol–water partition coefficient (Wildman–Crippen LogP) is 2.54. The number of hydrogen-bond acceptors (Lipinski definition) is 4. The van der Waals surface area contributed by atoms with Gasteiger partial charge in [-0.1, -0.05) is 28.1 Å². The van der Waals surface area contributed by atoms with Crippen molar-refractivity contribution in [1.82, 2.24) is 5.32 Å². The van der Waals surface area contributed by atoms with Gasteiger partial charge in [0.1, 0.15) is 0 Å². The zero-order valence-corrected chi connectivity index (χ0v) is 16.7. The second-order valence-corrected chi connectivity index (χ2v) is 7.77. The third-order valence-corrected chi connectivity index (χ3v) is 5.86. The fraction of sp³-hybridized carbons (Fsp3) is 0.611. The van der Waals surface area contributed by atoms with Crippen molar-refractivity contribution in [3.05, 3.63) is 34.3 Å². The van der Waals surface area contributed by atoms with Crippen molar-refractivity contribution in [3.8, 4) is 0 Å². The van der Waals surface area contributed by atoms with Gasteiger partial charge in [0.2, 0.25) is 5.91 Å². The number of nitrogens with two attached hydrogens (primary N) is 1. The van der Waals surface area contributed by atoms with Crippen LogP contribution in [0.2, 0.25) is 0 Å². The minimum Gasteiger partial charge on any atom is -0.381 e. The maximum absolute atomic E-state index is 12.7. The number of carbonyl (C=O) groups excluding carboxylic acids is 1. The highest BCUT2D eigenvalue weighted by molar-refractivity contribution is 9.10. The van der Waals surface area contributed by atoms with Crippen molar-refractivity contribution < 1.29 is 14.3 Å². The summed E-state index contributed by atoms with van der Waals surface area (Å²) in [6.45, 7) is 3.13. The van der Waals surface area contributed by atoms with Crippen LogP contribution in [0, 0.1) is 0 Å². The van der Waals surface area contributed by atoms with E-state index in [4.69, 9.17) is 15.2 Å². The fourth-order valence-corrected chi connectivity index (χ4v) is 3.79. The Morgan fingerprint density at radius 3 is 2.12 bits per heavy atom. The lowest BCUT2D eigenvalue weighted by Crippen LogP contribution is -2.59. The molecule has 0 aromatic heterocycles. The first-order valence-electron chi connectivity index (χ1n) is 8.53. The monoisotopic (exact) mass is 432 g/mol. The lowest BCUT2D eigenvalue weighted by molar-refractivity contribution is -0.130. The average molecular weight is 434 g/mol. The van der Waals surface area contributed by atoms with Crippen molar-refractivity contribution in [2.75, 3.05) is 33.0 Å². The Hall–Kier alpha value is -0.660. The molecule has 3 N–H and O–H groups in total. The van der Waals surface area contributed by atoms with E-state index in [9.17, 15) is 4.79 Å². The lowest BCUT2D eigenvalue weighted by atomic mass is 9.74. The van der Waals surface area contributed by atoms with Gasteiger partial charge in [-0.3, -0.25) is 4.79 Å². The summed E-state index contributed by atoms with van der Waals surface area (Å²) in [5, 5.41) is 3.13. The summed E-state index contributed by atoms with van der Waals surface area (Å²) in [6, 6.07) is 8.37. The quantitative estimate of drug-likeness (QED) is 0.765. The molecule has 7 heteroatoms. The molecule has 0 spiro atoms. The van der Waals surface area contributed by atoms with Crippen LogP contribution in [0.5, 0.6) is 0 Å². The number of halogens is 2. The van der Waals surface area contributed by atoms with Crippen molar-refractivity contribution in [2.45, 2.75) is 36.6 Å². The first-order valence-corrected chi connectivity index (χ1v) is 9.32. The van der Waals surface area contributed by atoms with Gasteiger partial charge in [0, 0.05) is 42.9 Å². The molecular weight excluding hydrogens is 408 g/mol. The molecular formula is C18H26BrClN2O3. The third-order valence-electron chi connectivity index (χ3n) is 5.33. The van der Waals surface area contributed by atoms with Gasteiger partial charge in [-0.25, -0.2) is 0 Å². The molecule has 2 aliphatic heterocycles. The van der Waals surface area contributed by atoms with Crippen LogP contribution in [0.1, 0.15) is 31.2 Å². The van der Waals surface area contributed by atoms with Crippen LogP contribution in [0.15, 0.2) is 28.7 Å². The van der Waals surface area contributed by atoms with E-state index in [1.54, 1.807) is 0 Å². The summed E-state index contributed by atoms with van der Waals surface area (Å²) in [5.74, 6) is -0.0613. The normalized spacial score (nSPS) is 21.8. The van der Waals surface area contributed by atoms with Gasteiger partial charge >= 0.3 is 0 Å². The summed E-state index contributed by atoms with van der Waals surface area (Å²) in [5.41, 5.74) is 6.65. The number of rotatable bonds is 4. The van der Waals surface area contributed by atoms with Crippen molar-refractivity contribution in [1.29, 1.82) is 0 Å². The fourth-order valence-electron chi connectivity index (χ4n) is 3.52. The van der Waals surface area contributed by atoms with E-state index < -0.39 is 5.54 Å². The number of ether oxygens (including phenoxy) is 2. The summed E-state index contributed by atoms with van der Waals surface area (Å²) in [7, 11) is 0. The molecule has 25 heavy (non-hydrogen) atoms. The number of benzene rings is 1. The molecule has 0 atom stereocenters. The minimum absolute atomic E-state index is 0. The highest BCUT2D eigenvalue weighted by atomic mass is 79.9. The highest BCUT2D eigenvalue weighted by Crippen LogP contribution is 2.35. The second-order valence-electron chi connectivity index (χ2n) is 6.85. The van der Waals surface area contributed by atoms with Crippen molar-refractivity contribution in [3.63, 3.8) is 0 Å². The molecule has 2 aliphatic rings. The van der Waals surface area contributed by atoms with Gasteiger partial charge in [-0.05, 0) is 43.4 Å². The van der Waals surface area contributed by atoms with E-state index in [-0.39, 0.29) is 23.7 Å². The molecule has 1 aromatic rings. The molecule has 0 aliphatic carbocycles. The molecule has 0 radical (unpaired) electrons. The van der Waals surface area contributed by atoms with Crippen LogP contribution in [-0.4, -0.2) is 44.4 Å². The number of amides is 1. The predicted molar refractivity (Wildman–Crippen MR) is 103 cm³/mol. The topological polar surface area (TPSA) is 73.6 Å². The van der Waals surface area contributed by atoms with E-state index in [1.807, 2.05) is 0 Å². The molecule has 5 nitrogen and oxygen atoms in total. The largest absolute Gasteiger partial charge is 0.381 e. The Bertz CT molecular complexity index is 570. The van der Waals surface area contributed by atoms with E-state index in [0.717, 1.165) is 17.3 Å². The van der Waals surface area contributed by atoms with Gasteiger partial charge in [-0.2, -0.15) is 0 Å². The zero-order valence-electron chi connectivity index (χ0n) is 14.3. The Kier molecular flexibility index (Phi) is 7.29. The summed E-state index contributed by atoms with van der Waals surface area (Å²) in [6.07, 6.45) is 2.95. The SMILES string of the molecule is Cl.NC1(C(=O)NCC2(c3ccc(Br)cc3)CCOCC2)CCOCC1. The van der Waals surface area contributed by atoms with E-state index in [1.165, 1.54) is 5.56 Å². The molecule has 0 unspecified atom stereocenters. The summed E-state index contributed by atoms with van der Waals surface area (Å²) < 4.78 is 11.9. The molecule has 2 saturated heterocycles. The first-order chi connectivity index (χ1) is 11.5. The van der Waals surface area contributed by atoms with Crippen LogP contribution >= 0.6 is 28.3 Å². The third kappa shape index (κ3) is 4.74. The van der Waals surface area contributed by atoms with E-state index in [2.05, 4.69) is 45.5 Å². The Labute approximate surface area is 163 Å². The Morgan fingerprint density at radius 2 is 1.56 bits per heavy atom. The van der Waals surface area contributed by atoms with Crippen LogP contribution in [0.3, 0.4) is 0 Å².